The van der Waals surface area contributed by atoms with Gasteiger partial charge in [0.15, 0.2) is 0 Å². The highest BCUT2D eigenvalue weighted by Crippen LogP contribution is 2.40. The summed E-state index contributed by atoms with van der Waals surface area (Å²) in [5.41, 5.74) is 17.2. The quantitative estimate of drug-likeness (QED) is 0.226. The average Bonchev–Trinajstić information content (AvgIpc) is 3.59. The van der Waals surface area contributed by atoms with E-state index in [-0.39, 0.29) is 23.4 Å². The zero-order chi connectivity index (χ0) is 29.8. The number of hydrogen-bond acceptors (Lipinski definition) is 7. The van der Waals surface area contributed by atoms with Crippen molar-refractivity contribution >= 4 is 27.9 Å². The molecule has 6 N–H and O–H groups in total. The van der Waals surface area contributed by atoms with Gasteiger partial charge in [-0.2, -0.15) is 0 Å². The van der Waals surface area contributed by atoms with Gasteiger partial charge in [0, 0.05) is 37.8 Å². The molecule has 0 saturated heterocycles. The van der Waals surface area contributed by atoms with Gasteiger partial charge in [-0.3, -0.25) is 4.90 Å². The second-order valence-electron chi connectivity index (χ2n) is 14.4. The summed E-state index contributed by atoms with van der Waals surface area (Å²) in [6.07, 6.45) is 8.23. The van der Waals surface area contributed by atoms with Crippen LogP contribution in [0.25, 0.3) is 22.1 Å². The fourth-order valence-electron chi connectivity index (χ4n) is 7.24. The molecule has 2 aliphatic rings. The highest BCUT2D eigenvalue weighted by molar-refractivity contribution is 5.86. The summed E-state index contributed by atoms with van der Waals surface area (Å²) in [5, 5.41) is 12.0. The molecular weight excluding hydrogens is 524 g/mol. The van der Waals surface area contributed by atoms with Gasteiger partial charge in [0.1, 0.15) is 23.6 Å². The van der Waals surface area contributed by atoms with Crippen LogP contribution < -0.4 is 11.5 Å². The first kappa shape index (κ1) is 29.1. The lowest BCUT2D eigenvalue weighted by Gasteiger charge is -2.45. The van der Waals surface area contributed by atoms with Crippen LogP contribution in [0.4, 0.5) is 5.82 Å². The van der Waals surface area contributed by atoms with Crippen LogP contribution in [0.2, 0.25) is 0 Å². The maximum atomic E-state index is 11.2. The molecule has 4 atom stereocenters. The summed E-state index contributed by atoms with van der Waals surface area (Å²) in [5.74, 6) is 3.07. The molecule has 0 bridgehead atoms. The van der Waals surface area contributed by atoms with Crippen LogP contribution in [-0.2, 0) is 11.8 Å². The highest BCUT2D eigenvalue weighted by atomic mass is 16.3. The predicted molar refractivity (Wildman–Crippen MR) is 169 cm³/mol. The largest absolute Gasteiger partial charge is 0.389 e. The number of aromatic amines is 1. The van der Waals surface area contributed by atoms with E-state index in [1.54, 1.807) is 0 Å². The SMILES string of the molecule is CC(C)CN(CC1CC(n2ccc3c(N)ncnc32)C(O)C1N)C1CC(CCc2nc3ccc(C(C)(C)C)cc3[nH]2)C1. The van der Waals surface area contributed by atoms with E-state index in [9.17, 15) is 5.11 Å². The van der Waals surface area contributed by atoms with Crippen LogP contribution in [0.1, 0.15) is 77.7 Å². The topological polar surface area (TPSA) is 135 Å². The van der Waals surface area contributed by atoms with Gasteiger partial charge in [0.05, 0.1) is 28.6 Å². The number of nitrogens with zero attached hydrogens (tertiary/aromatic N) is 5. The van der Waals surface area contributed by atoms with Crippen molar-refractivity contribution in [3.63, 3.8) is 0 Å². The molecule has 2 fully saturated rings. The molecule has 42 heavy (non-hydrogen) atoms. The summed E-state index contributed by atoms with van der Waals surface area (Å²) in [6, 6.07) is 8.73. The Morgan fingerprint density at radius 1 is 1.14 bits per heavy atom. The number of hydrogen-bond donors (Lipinski definition) is 4. The number of fused-ring (bicyclic) bond motifs is 2. The second-order valence-corrected chi connectivity index (χ2v) is 14.4. The van der Waals surface area contributed by atoms with E-state index in [0.717, 1.165) is 66.2 Å². The van der Waals surface area contributed by atoms with E-state index < -0.39 is 6.10 Å². The molecule has 4 aromatic rings. The number of aliphatic hydroxyl groups excluding tert-OH is 1. The highest BCUT2D eigenvalue weighted by Gasteiger charge is 2.44. The molecule has 6 rings (SSSR count). The van der Waals surface area contributed by atoms with Crippen LogP contribution in [0.5, 0.6) is 0 Å². The molecule has 3 heterocycles. The fourth-order valence-corrected chi connectivity index (χ4v) is 7.24. The zero-order valence-electron chi connectivity index (χ0n) is 25.8. The van der Waals surface area contributed by atoms with Gasteiger partial charge in [-0.1, -0.05) is 40.7 Å². The van der Waals surface area contributed by atoms with E-state index in [0.29, 0.717) is 17.8 Å². The maximum absolute atomic E-state index is 11.2. The van der Waals surface area contributed by atoms with Crippen molar-refractivity contribution in [2.75, 3.05) is 18.8 Å². The van der Waals surface area contributed by atoms with E-state index in [4.69, 9.17) is 16.5 Å². The third kappa shape index (κ3) is 5.66. The smallest absolute Gasteiger partial charge is 0.145 e. The van der Waals surface area contributed by atoms with Crippen molar-refractivity contribution in [1.29, 1.82) is 0 Å². The van der Waals surface area contributed by atoms with Gasteiger partial charge in [-0.15, -0.1) is 0 Å². The lowest BCUT2D eigenvalue weighted by atomic mass is 9.76. The number of benzene rings is 1. The number of aryl methyl sites for hydroxylation is 1. The molecule has 226 valence electrons. The first-order chi connectivity index (χ1) is 20.0. The van der Waals surface area contributed by atoms with Crippen molar-refractivity contribution in [1.82, 2.24) is 29.4 Å². The van der Waals surface area contributed by atoms with E-state index in [1.165, 1.54) is 24.7 Å². The Bertz CT molecular complexity index is 1530. The van der Waals surface area contributed by atoms with Crippen molar-refractivity contribution < 1.29 is 5.11 Å². The van der Waals surface area contributed by atoms with Crippen molar-refractivity contribution in [2.45, 2.75) is 96.4 Å². The van der Waals surface area contributed by atoms with Crippen molar-refractivity contribution in [2.24, 2.45) is 23.5 Å². The lowest BCUT2D eigenvalue weighted by Crippen LogP contribution is -2.50. The third-order valence-electron chi connectivity index (χ3n) is 9.76. The van der Waals surface area contributed by atoms with E-state index in [2.05, 4.69) is 72.7 Å². The first-order valence-electron chi connectivity index (χ1n) is 15.7. The molecule has 9 heteroatoms. The Hall–Kier alpha value is -3.01. The van der Waals surface area contributed by atoms with Gasteiger partial charge in [0.25, 0.3) is 0 Å². The minimum atomic E-state index is -0.625. The Kier molecular flexibility index (Phi) is 7.79. The summed E-state index contributed by atoms with van der Waals surface area (Å²) in [7, 11) is 0. The number of aromatic nitrogens is 5. The van der Waals surface area contributed by atoms with Crippen LogP contribution in [0, 0.1) is 17.8 Å². The number of nitrogen functional groups attached to an aromatic ring is 1. The van der Waals surface area contributed by atoms with Gasteiger partial charge >= 0.3 is 0 Å². The Morgan fingerprint density at radius 3 is 2.67 bits per heavy atom. The summed E-state index contributed by atoms with van der Waals surface area (Å²) < 4.78 is 2.05. The molecule has 0 radical (unpaired) electrons. The maximum Gasteiger partial charge on any atom is 0.145 e. The molecule has 0 spiro atoms. The molecule has 2 aliphatic carbocycles. The Balaban J connectivity index is 1.07. The van der Waals surface area contributed by atoms with E-state index >= 15 is 0 Å². The van der Waals surface area contributed by atoms with Gasteiger partial charge in [-0.05, 0) is 72.6 Å². The number of nitrogens with one attached hydrogen (secondary N) is 1. The minimum Gasteiger partial charge on any atom is -0.389 e. The van der Waals surface area contributed by atoms with Crippen molar-refractivity contribution in [3.8, 4) is 0 Å². The summed E-state index contributed by atoms with van der Waals surface area (Å²) in [6.45, 7) is 13.3. The number of anilines is 1. The van der Waals surface area contributed by atoms with Crippen LogP contribution in [0.15, 0.2) is 36.8 Å². The molecule has 2 saturated carbocycles. The van der Waals surface area contributed by atoms with E-state index in [1.807, 2.05) is 16.8 Å². The predicted octanol–water partition coefficient (Wildman–Crippen LogP) is 4.81. The van der Waals surface area contributed by atoms with Gasteiger partial charge in [-0.25, -0.2) is 15.0 Å². The fraction of sp³-hybridized carbons (Fsp3) is 0.606. The summed E-state index contributed by atoms with van der Waals surface area (Å²) >= 11 is 0. The van der Waals surface area contributed by atoms with Crippen LogP contribution in [0.3, 0.4) is 0 Å². The first-order valence-corrected chi connectivity index (χ1v) is 15.7. The molecule has 9 nitrogen and oxygen atoms in total. The number of rotatable bonds is 9. The second kappa shape index (κ2) is 11.2. The molecule has 0 amide bonds. The molecule has 3 aromatic heterocycles. The van der Waals surface area contributed by atoms with Crippen LogP contribution >= 0.6 is 0 Å². The molecule has 4 unspecified atom stereocenters. The number of imidazole rings is 1. The minimum absolute atomic E-state index is 0.116. The Labute approximate surface area is 249 Å². The number of H-pyrrole nitrogens is 1. The van der Waals surface area contributed by atoms with Gasteiger partial charge in [0.2, 0.25) is 0 Å². The number of aliphatic hydroxyl groups is 1. The van der Waals surface area contributed by atoms with Gasteiger partial charge < -0.3 is 26.1 Å². The molecular formula is C33H48N8O. The number of nitrogens with two attached hydrogens (primary N) is 2. The van der Waals surface area contributed by atoms with Crippen molar-refractivity contribution in [3.05, 3.63) is 48.2 Å². The average molecular weight is 573 g/mol. The Morgan fingerprint density at radius 2 is 1.93 bits per heavy atom. The summed E-state index contributed by atoms with van der Waals surface area (Å²) in [4.78, 5) is 19.7. The normalized spacial score (nSPS) is 26.6. The standard InChI is InChI=1S/C33H48N8O/c1-19(2)16-40(17-21-14-27(30(42)29(21)34)41-11-10-24-31(35)36-18-37-32(24)41)23-12-20(13-23)6-9-28-38-25-8-7-22(33(3,4)5)15-26(25)39-28/h7-8,10-11,15,18-21,23,27,29-30,42H,6,9,12-14,16-17,34H2,1-5H3,(H,38,39)(H2,35,36,37). The molecule has 0 aliphatic heterocycles. The monoisotopic (exact) mass is 572 g/mol. The lowest BCUT2D eigenvalue weighted by molar-refractivity contribution is 0.0464. The zero-order valence-corrected chi connectivity index (χ0v) is 25.8. The molecule has 1 aromatic carbocycles. The third-order valence-corrected chi connectivity index (χ3v) is 9.76. The van der Waals surface area contributed by atoms with Crippen LogP contribution in [-0.4, -0.2) is 65.8 Å².